The predicted molar refractivity (Wildman–Crippen MR) is 53.9 cm³/mol. The fraction of sp³-hybridized carbons (Fsp3) is 0.636. The molecule has 0 saturated carbocycles. The number of rotatable bonds is 2. The minimum absolute atomic E-state index is 0.249. The number of hydrogen-bond acceptors (Lipinski definition) is 1. The Balaban J connectivity index is 2.98. The van der Waals surface area contributed by atoms with Crippen LogP contribution in [0.3, 0.4) is 0 Å². The average Bonchev–Trinajstić information content (AvgIpc) is 2.17. The molecule has 0 saturated heterocycles. The van der Waals surface area contributed by atoms with E-state index in [4.69, 9.17) is 5.73 Å². The van der Waals surface area contributed by atoms with Crippen molar-refractivity contribution in [2.45, 2.75) is 34.1 Å². The van der Waals surface area contributed by atoms with Crippen LogP contribution in [0.1, 0.15) is 34.1 Å². The van der Waals surface area contributed by atoms with Gasteiger partial charge in [-0.15, -0.1) is 0 Å². The van der Waals surface area contributed by atoms with Gasteiger partial charge in [-0.05, 0) is 33.7 Å². The third-order valence-corrected chi connectivity index (χ3v) is 3.37. The van der Waals surface area contributed by atoms with Gasteiger partial charge >= 0.3 is 0 Å². The van der Waals surface area contributed by atoms with Crippen molar-refractivity contribution in [3.05, 3.63) is 22.8 Å². The Kier molecular flexibility index (Phi) is 2.43. The zero-order valence-electron chi connectivity index (χ0n) is 8.57. The summed E-state index contributed by atoms with van der Waals surface area (Å²) in [6, 6.07) is 0. The van der Waals surface area contributed by atoms with Crippen molar-refractivity contribution in [1.82, 2.24) is 0 Å². The minimum Gasteiger partial charge on any atom is -0.330 e. The Morgan fingerprint density at radius 2 is 1.92 bits per heavy atom. The first-order chi connectivity index (χ1) is 5.52. The number of allylic oxidation sites excluding steroid dienone is 4. The Labute approximate surface area is 75.3 Å². The molecule has 0 heterocycles. The van der Waals surface area contributed by atoms with Gasteiger partial charge in [0.2, 0.25) is 0 Å². The lowest BCUT2D eigenvalue weighted by Gasteiger charge is -2.28. The standard InChI is InChI=1S/C11H19N/c1-8-7-9(2)11(4,5-6-12)10(8)3/h7H,5-6,12H2,1-4H3. The molecular formula is C11H19N. The molecule has 1 aliphatic rings. The molecule has 0 fully saturated rings. The van der Waals surface area contributed by atoms with Gasteiger partial charge in [0.05, 0.1) is 0 Å². The van der Waals surface area contributed by atoms with Crippen LogP contribution in [0.2, 0.25) is 0 Å². The molecule has 0 aliphatic heterocycles. The zero-order valence-corrected chi connectivity index (χ0v) is 8.57. The smallest absolute Gasteiger partial charge is 0.0108 e. The molecule has 0 aromatic heterocycles. The first kappa shape index (κ1) is 9.53. The van der Waals surface area contributed by atoms with Crippen molar-refractivity contribution in [2.24, 2.45) is 11.1 Å². The third-order valence-electron chi connectivity index (χ3n) is 3.37. The fourth-order valence-electron chi connectivity index (χ4n) is 2.00. The minimum atomic E-state index is 0.249. The van der Waals surface area contributed by atoms with E-state index in [1.54, 1.807) is 0 Å². The van der Waals surface area contributed by atoms with Crippen LogP contribution < -0.4 is 5.73 Å². The lowest BCUT2D eigenvalue weighted by Crippen LogP contribution is -2.21. The predicted octanol–water partition coefficient (Wildman–Crippen LogP) is 2.64. The van der Waals surface area contributed by atoms with E-state index >= 15 is 0 Å². The highest BCUT2D eigenvalue weighted by atomic mass is 14.5. The highest BCUT2D eigenvalue weighted by Gasteiger charge is 2.32. The molecule has 1 unspecified atom stereocenters. The molecule has 0 radical (unpaired) electrons. The molecule has 0 aromatic rings. The van der Waals surface area contributed by atoms with Crippen molar-refractivity contribution >= 4 is 0 Å². The summed E-state index contributed by atoms with van der Waals surface area (Å²) in [5.74, 6) is 0. The van der Waals surface area contributed by atoms with Gasteiger partial charge in [0, 0.05) is 5.41 Å². The van der Waals surface area contributed by atoms with E-state index in [9.17, 15) is 0 Å². The SMILES string of the molecule is CC1=CC(C)=C(C)C1(C)CCN. The average molecular weight is 165 g/mol. The zero-order chi connectivity index (χ0) is 9.35. The normalized spacial score (nSPS) is 29.6. The van der Waals surface area contributed by atoms with Crippen molar-refractivity contribution in [3.8, 4) is 0 Å². The first-order valence-electron chi connectivity index (χ1n) is 4.59. The van der Waals surface area contributed by atoms with E-state index in [1.165, 1.54) is 16.7 Å². The van der Waals surface area contributed by atoms with Gasteiger partial charge < -0.3 is 5.73 Å². The van der Waals surface area contributed by atoms with Crippen molar-refractivity contribution in [1.29, 1.82) is 0 Å². The van der Waals surface area contributed by atoms with Crippen LogP contribution >= 0.6 is 0 Å². The summed E-state index contributed by atoms with van der Waals surface area (Å²) >= 11 is 0. The summed E-state index contributed by atoms with van der Waals surface area (Å²) in [7, 11) is 0. The van der Waals surface area contributed by atoms with E-state index < -0.39 is 0 Å². The summed E-state index contributed by atoms with van der Waals surface area (Å²) in [5.41, 5.74) is 10.2. The van der Waals surface area contributed by atoms with Gasteiger partial charge in [0.25, 0.3) is 0 Å². The highest BCUT2D eigenvalue weighted by Crippen LogP contribution is 2.44. The Hall–Kier alpha value is -0.560. The van der Waals surface area contributed by atoms with Crippen LogP contribution in [0.4, 0.5) is 0 Å². The maximum Gasteiger partial charge on any atom is 0.0108 e. The van der Waals surface area contributed by atoms with Gasteiger partial charge in [-0.2, -0.15) is 0 Å². The first-order valence-corrected chi connectivity index (χ1v) is 4.59. The maximum absolute atomic E-state index is 5.61. The van der Waals surface area contributed by atoms with E-state index in [0.29, 0.717) is 0 Å². The largest absolute Gasteiger partial charge is 0.330 e. The molecule has 1 aliphatic carbocycles. The highest BCUT2D eigenvalue weighted by molar-refractivity contribution is 5.43. The van der Waals surface area contributed by atoms with Crippen molar-refractivity contribution in [2.75, 3.05) is 6.54 Å². The maximum atomic E-state index is 5.61. The lowest BCUT2D eigenvalue weighted by molar-refractivity contribution is 0.452. The Morgan fingerprint density at radius 3 is 2.25 bits per heavy atom. The van der Waals surface area contributed by atoms with Gasteiger partial charge in [-0.25, -0.2) is 0 Å². The number of nitrogens with two attached hydrogens (primary N) is 1. The van der Waals surface area contributed by atoms with Crippen LogP contribution in [-0.4, -0.2) is 6.54 Å². The molecule has 0 amide bonds. The van der Waals surface area contributed by atoms with Crippen LogP contribution in [0.5, 0.6) is 0 Å². The fourth-order valence-corrected chi connectivity index (χ4v) is 2.00. The quantitative estimate of drug-likeness (QED) is 0.668. The monoisotopic (exact) mass is 165 g/mol. The van der Waals surface area contributed by atoms with E-state index in [2.05, 4.69) is 33.8 Å². The Morgan fingerprint density at radius 1 is 1.33 bits per heavy atom. The van der Waals surface area contributed by atoms with Gasteiger partial charge in [0.15, 0.2) is 0 Å². The molecule has 0 aromatic carbocycles. The van der Waals surface area contributed by atoms with E-state index in [-0.39, 0.29) is 5.41 Å². The van der Waals surface area contributed by atoms with E-state index in [0.717, 1.165) is 13.0 Å². The molecule has 1 nitrogen and oxygen atoms in total. The second-order valence-corrected chi connectivity index (χ2v) is 4.01. The topological polar surface area (TPSA) is 26.0 Å². The lowest BCUT2D eigenvalue weighted by atomic mass is 9.77. The molecule has 12 heavy (non-hydrogen) atoms. The molecule has 2 N–H and O–H groups in total. The van der Waals surface area contributed by atoms with Gasteiger partial charge in [0.1, 0.15) is 0 Å². The van der Waals surface area contributed by atoms with Crippen LogP contribution in [0.25, 0.3) is 0 Å². The molecule has 1 rings (SSSR count). The van der Waals surface area contributed by atoms with Crippen molar-refractivity contribution < 1.29 is 0 Å². The van der Waals surface area contributed by atoms with Crippen LogP contribution in [-0.2, 0) is 0 Å². The van der Waals surface area contributed by atoms with Crippen molar-refractivity contribution in [3.63, 3.8) is 0 Å². The molecular weight excluding hydrogens is 146 g/mol. The summed E-state index contributed by atoms with van der Waals surface area (Å²) in [5, 5.41) is 0. The van der Waals surface area contributed by atoms with Crippen LogP contribution in [0, 0.1) is 5.41 Å². The molecule has 0 bridgehead atoms. The molecule has 1 heteroatoms. The molecule has 0 spiro atoms. The van der Waals surface area contributed by atoms with Gasteiger partial charge in [-0.1, -0.05) is 29.7 Å². The second-order valence-electron chi connectivity index (χ2n) is 4.01. The second kappa shape index (κ2) is 3.06. The van der Waals surface area contributed by atoms with Gasteiger partial charge in [-0.3, -0.25) is 0 Å². The third kappa shape index (κ3) is 1.22. The summed E-state index contributed by atoms with van der Waals surface area (Å²) < 4.78 is 0. The molecule has 1 atom stereocenters. The Bertz CT molecular complexity index is 248. The van der Waals surface area contributed by atoms with E-state index in [1.807, 2.05) is 0 Å². The summed E-state index contributed by atoms with van der Waals surface area (Å²) in [4.78, 5) is 0. The summed E-state index contributed by atoms with van der Waals surface area (Å²) in [6.07, 6.45) is 3.35. The number of hydrogen-bond donors (Lipinski definition) is 1. The summed E-state index contributed by atoms with van der Waals surface area (Å²) in [6.45, 7) is 9.66. The van der Waals surface area contributed by atoms with Crippen LogP contribution in [0.15, 0.2) is 22.8 Å². The molecule has 68 valence electrons.